The van der Waals surface area contributed by atoms with Crippen LogP contribution in [0.3, 0.4) is 0 Å². The summed E-state index contributed by atoms with van der Waals surface area (Å²) in [6.07, 6.45) is 2.87. The lowest BCUT2D eigenvalue weighted by atomic mass is 9.87. The minimum Gasteiger partial charge on any atom is -0.466 e. The molecular formula is C13H16O6. The second kappa shape index (κ2) is 5.14. The van der Waals surface area contributed by atoms with Crippen LogP contribution in [0.1, 0.15) is 6.92 Å². The lowest BCUT2D eigenvalue weighted by molar-refractivity contribution is -0.140. The van der Waals surface area contributed by atoms with E-state index in [-0.39, 0.29) is 17.8 Å². The first kappa shape index (κ1) is 13.8. The van der Waals surface area contributed by atoms with Crippen LogP contribution in [0, 0.1) is 0 Å². The summed E-state index contributed by atoms with van der Waals surface area (Å²) in [7, 11) is 2.52. The summed E-state index contributed by atoms with van der Waals surface area (Å²) in [6.45, 7) is 2.47. The molecule has 0 saturated heterocycles. The number of carbonyl (C=O) groups is 2. The summed E-state index contributed by atoms with van der Waals surface area (Å²) in [6, 6.07) is 0. The first-order valence-electron chi connectivity index (χ1n) is 5.95. The smallest absolute Gasteiger partial charge is 0.337 e. The Kier molecular flexibility index (Phi) is 3.73. The number of carbonyl (C=O) groups excluding carboxylic acids is 2. The van der Waals surface area contributed by atoms with Gasteiger partial charge in [-0.1, -0.05) is 6.08 Å². The van der Waals surface area contributed by atoms with E-state index in [1.165, 1.54) is 14.2 Å². The molecular weight excluding hydrogens is 252 g/mol. The Bertz CT molecular complexity index is 464. The number of fused-ring (bicyclic) bond motifs is 2. The van der Waals surface area contributed by atoms with E-state index < -0.39 is 23.6 Å². The third kappa shape index (κ3) is 2.06. The van der Waals surface area contributed by atoms with Crippen molar-refractivity contribution in [3.8, 4) is 0 Å². The van der Waals surface area contributed by atoms with Gasteiger partial charge in [-0.05, 0) is 13.0 Å². The molecule has 0 aromatic heterocycles. The normalized spacial score (nSPS) is 27.8. The molecule has 2 aliphatic heterocycles. The quantitative estimate of drug-likeness (QED) is 0.530. The standard InChI is InChI=1S/C13H16O6/c1-4-18-7-13-6-5-8(19-13)9(11(14)16-2)10(13)12(15)17-3/h5-6,8H,4,7H2,1-3H3/t8-,13-/m0/s1. The molecule has 2 atom stereocenters. The van der Waals surface area contributed by atoms with Crippen LogP contribution in [0.4, 0.5) is 0 Å². The molecule has 0 spiro atoms. The maximum atomic E-state index is 11.9. The molecule has 104 valence electrons. The van der Waals surface area contributed by atoms with E-state index in [0.717, 1.165) is 0 Å². The van der Waals surface area contributed by atoms with E-state index in [9.17, 15) is 9.59 Å². The maximum absolute atomic E-state index is 11.9. The fraction of sp³-hybridized carbons (Fsp3) is 0.538. The van der Waals surface area contributed by atoms with Gasteiger partial charge in [0.1, 0.15) is 11.7 Å². The van der Waals surface area contributed by atoms with Gasteiger partial charge in [0.15, 0.2) is 0 Å². The molecule has 19 heavy (non-hydrogen) atoms. The molecule has 0 amide bonds. The molecule has 0 N–H and O–H groups in total. The highest BCUT2D eigenvalue weighted by atomic mass is 16.6. The van der Waals surface area contributed by atoms with Gasteiger partial charge in [-0.2, -0.15) is 0 Å². The first-order chi connectivity index (χ1) is 9.09. The van der Waals surface area contributed by atoms with Gasteiger partial charge in [-0.25, -0.2) is 9.59 Å². The molecule has 0 radical (unpaired) electrons. The molecule has 0 aliphatic carbocycles. The Labute approximate surface area is 111 Å². The van der Waals surface area contributed by atoms with Crippen LogP contribution in [-0.4, -0.2) is 51.1 Å². The molecule has 2 bridgehead atoms. The maximum Gasteiger partial charge on any atom is 0.337 e. The van der Waals surface area contributed by atoms with Gasteiger partial charge >= 0.3 is 11.9 Å². The number of rotatable bonds is 5. The summed E-state index contributed by atoms with van der Waals surface area (Å²) in [5, 5.41) is 0. The minimum absolute atomic E-state index is 0.154. The molecule has 6 nitrogen and oxygen atoms in total. The monoisotopic (exact) mass is 268 g/mol. The predicted octanol–water partition coefficient (Wildman–Crippen LogP) is 0.373. The van der Waals surface area contributed by atoms with Crippen molar-refractivity contribution < 1.29 is 28.5 Å². The summed E-state index contributed by atoms with van der Waals surface area (Å²) in [5.74, 6) is -1.19. The van der Waals surface area contributed by atoms with Crippen LogP contribution in [0.25, 0.3) is 0 Å². The van der Waals surface area contributed by atoms with Crippen LogP contribution >= 0.6 is 0 Å². The minimum atomic E-state index is -1.04. The van der Waals surface area contributed by atoms with Crippen LogP contribution in [-0.2, 0) is 28.5 Å². The Balaban J connectivity index is 2.44. The number of hydrogen-bond donors (Lipinski definition) is 0. The Morgan fingerprint density at radius 2 is 2.00 bits per heavy atom. The highest BCUT2D eigenvalue weighted by Crippen LogP contribution is 2.44. The Morgan fingerprint density at radius 3 is 2.58 bits per heavy atom. The third-order valence-electron chi connectivity index (χ3n) is 3.17. The Hall–Kier alpha value is -1.66. The highest BCUT2D eigenvalue weighted by molar-refractivity contribution is 6.05. The molecule has 0 aromatic rings. The number of methoxy groups -OCH3 is 2. The SMILES string of the molecule is CCOC[C@]12C=C[C@H](O1)C(C(=O)OC)=C2C(=O)OC. The van der Waals surface area contributed by atoms with Gasteiger partial charge in [0, 0.05) is 6.61 Å². The van der Waals surface area contributed by atoms with Crippen LogP contribution in [0.2, 0.25) is 0 Å². The summed E-state index contributed by atoms with van der Waals surface area (Å²) in [5.41, 5.74) is -0.684. The van der Waals surface area contributed by atoms with Gasteiger partial charge in [0.05, 0.1) is 32.0 Å². The van der Waals surface area contributed by atoms with Crippen LogP contribution in [0.15, 0.2) is 23.3 Å². The van der Waals surface area contributed by atoms with Crippen molar-refractivity contribution >= 4 is 11.9 Å². The highest BCUT2D eigenvalue weighted by Gasteiger charge is 2.54. The first-order valence-corrected chi connectivity index (χ1v) is 5.95. The van der Waals surface area contributed by atoms with Crippen molar-refractivity contribution in [2.45, 2.75) is 18.6 Å². The van der Waals surface area contributed by atoms with E-state index in [4.69, 9.17) is 18.9 Å². The van der Waals surface area contributed by atoms with Crippen LogP contribution in [0.5, 0.6) is 0 Å². The van der Waals surface area contributed by atoms with Crippen molar-refractivity contribution in [3.05, 3.63) is 23.3 Å². The van der Waals surface area contributed by atoms with Gasteiger partial charge in [0.25, 0.3) is 0 Å². The fourth-order valence-electron chi connectivity index (χ4n) is 2.34. The topological polar surface area (TPSA) is 71.1 Å². The second-order valence-electron chi connectivity index (χ2n) is 4.20. The third-order valence-corrected chi connectivity index (χ3v) is 3.17. The van der Waals surface area contributed by atoms with Gasteiger partial charge < -0.3 is 18.9 Å². The van der Waals surface area contributed by atoms with Gasteiger partial charge in [-0.3, -0.25) is 0 Å². The number of hydrogen-bond acceptors (Lipinski definition) is 6. The average Bonchev–Trinajstić information content (AvgIpc) is 2.99. The van der Waals surface area contributed by atoms with Crippen molar-refractivity contribution in [3.63, 3.8) is 0 Å². The number of esters is 2. The molecule has 0 unspecified atom stereocenters. The zero-order valence-corrected chi connectivity index (χ0v) is 11.1. The second-order valence-corrected chi connectivity index (χ2v) is 4.20. The zero-order valence-electron chi connectivity index (χ0n) is 11.1. The van der Waals surface area contributed by atoms with E-state index >= 15 is 0 Å². The van der Waals surface area contributed by atoms with E-state index in [0.29, 0.717) is 6.61 Å². The van der Waals surface area contributed by atoms with Crippen molar-refractivity contribution in [1.82, 2.24) is 0 Å². The van der Waals surface area contributed by atoms with E-state index in [1.54, 1.807) is 12.2 Å². The Morgan fingerprint density at radius 1 is 1.32 bits per heavy atom. The zero-order chi connectivity index (χ0) is 14.0. The lowest BCUT2D eigenvalue weighted by Gasteiger charge is -2.24. The molecule has 6 heteroatoms. The van der Waals surface area contributed by atoms with E-state index in [2.05, 4.69) is 0 Å². The van der Waals surface area contributed by atoms with Gasteiger partial charge in [-0.15, -0.1) is 0 Å². The predicted molar refractivity (Wildman–Crippen MR) is 64.3 cm³/mol. The summed E-state index contributed by atoms with van der Waals surface area (Å²) < 4.78 is 20.5. The largest absolute Gasteiger partial charge is 0.466 e. The molecule has 0 saturated carbocycles. The summed E-state index contributed by atoms with van der Waals surface area (Å²) in [4.78, 5) is 23.8. The van der Waals surface area contributed by atoms with Crippen molar-refractivity contribution in [1.29, 1.82) is 0 Å². The van der Waals surface area contributed by atoms with Gasteiger partial charge in [0.2, 0.25) is 0 Å². The van der Waals surface area contributed by atoms with Crippen molar-refractivity contribution in [2.24, 2.45) is 0 Å². The molecule has 0 fully saturated rings. The molecule has 2 heterocycles. The molecule has 0 aromatic carbocycles. The summed E-state index contributed by atoms with van der Waals surface area (Å²) >= 11 is 0. The molecule has 2 rings (SSSR count). The van der Waals surface area contributed by atoms with Crippen molar-refractivity contribution in [2.75, 3.05) is 27.4 Å². The lowest BCUT2D eigenvalue weighted by Crippen LogP contribution is -2.37. The fourth-order valence-corrected chi connectivity index (χ4v) is 2.34. The van der Waals surface area contributed by atoms with E-state index in [1.807, 2.05) is 6.92 Å². The number of ether oxygens (including phenoxy) is 4. The molecule has 2 aliphatic rings. The van der Waals surface area contributed by atoms with Crippen LogP contribution < -0.4 is 0 Å². The average molecular weight is 268 g/mol.